The van der Waals surface area contributed by atoms with Crippen LogP contribution in [0.4, 0.5) is 11.5 Å². The molecule has 0 bridgehead atoms. The standard InChI is InChI=1S/C25H20ClN5O/c1-31-22-9-8-18(26)12-19(22)24(21-13-29-23(27)14-28-21)30-20(25(31)32)11-15-6-7-16-4-2-3-5-17(16)10-15/h2-10,12-14,20H,11H2,1H3,(H2,27,29). The number of rotatable bonds is 3. The third kappa shape index (κ3) is 3.69. The molecule has 1 aromatic heterocycles. The van der Waals surface area contributed by atoms with Crippen molar-refractivity contribution in [3.8, 4) is 0 Å². The number of anilines is 2. The number of fused-ring (bicyclic) bond motifs is 2. The van der Waals surface area contributed by atoms with Crippen LogP contribution in [0.1, 0.15) is 16.8 Å². The summed E-state index contributed by atoms with van der Waals surface area (Å²) in [6.07, 6.45) is 3.51. The fourth-order valence-electron chi connectivity index (χ4n) is 4.00. The first-order chi connectivity index (χ1) is 15.5. The van der Waals surface area contributed by atoms with Crippen molar-refractivity contribution in [2.24, 2.45) is 4.99 Å². The van der Waals surface area contributed by atoms with Gasteiger partial charge in [0.2, 0.25) is 0 Å². The maximum atomic E-state index is 13.4. The van der Waals surface area contributed by atoms with E-state index in [1.54, 1.807) is 30.3 Å². The van der Waals surface area contributed by atoms with Crippen LogP contribution in [0.25, 0.3) is 10.8 Å². The summed E-state index contributed by atoms with van der Waals surface area (Å²) in [4.78, 5) is 28.5. The molecule has 1 aliphatic rings. The lowest BCUT2D eigenvalue weighted by Gasteiger charge is -2.20. The monoisotopic (exact) mass is 441 g/mol. The summed E-state index contributed by atoms with van der Waals surface area (Å²) in [5, 5.41) is 2.83. The molecule has 158 valence electrons. The molecule has 6 nitrogen and oxygen atoms in total. The van der Waals surface area contributed by atoms with Crippen molar-refractivity contribution in [3.63, 3.8) is 0 Å². The maximum absolute atomic E-state index is 13.4. The highest BCUT2D eigenvalue weighted by molar-refractivity contribution is 6.32. The number of nitrogens with two attached hydrogens (primary N) is 1. The first kappa shape index (κ1) is 20.2. The smallest absolute Gasteiger partial charge is 0.251 e. The molecule has 0 aliphatic carbocycles. The Morgan fingerprint density at radius 1 is 1.00 bits per heavy atom. The second-order valence-corrected chi connectivity index (χ2v) is 8.20. The molecular formula is C25H20ClN5O. The van der Waals surface area contributed by atoms with Crippen LogP contribution in [0.15, 0.2) is 78.0 Å². The highest BCUT2D eigenvalue weighted by atomic mass is 35.5. The van der Waals surface area contributed by atoms with Gasteiger partial charge in [-0.1, -0.05) is 54.1 Å². The van der Waals surface area contributed by atoms with E-state index in [0.29, 0.717) is 28.7 Å². The third-order valence-electron chi connectivity index (χ3n) is 5.63. The summed E-state index contributed by atoms with van der Waals surface area (Å²) >= 11 is 6.30. The molecular weight excluding hydrogens is 422 g/mol. The molecule has 5 rings (SSSR count). The minimum absolute atomic E-state index is 0.0971. The molecule has 0 radical (unpaired) electrons. The van der Waals surface area contributed by atoms with Gasteiger partial charge in [-0.05, 0) is 34.5 Å². The molecule has 3 aromatic carbocycles. The Morgan fingerprint density at radius 2 is 1.81 bits per heavy atom. The van der Waals surface area contributed by atoms with Gasteiger partial charge < -0.3 is 10.6 Å². The van der Waals surface area contributed by atoms with Crippen molar-refractivity contribution in [1.29, 1.82) is 0 Å². The molecule has 0 fully saturated rings. The summed E-state index contributed by atoms with van der Waals surface area (Å²) < 4.78 is 0. The number of aromatic nitrogens is 2. The molecule has 4 aromatic rings. The Labute approximate surface area is 190 Å². The first-order valence-corrected chi connectivity index (χ1v) is 10.6. The first-order valence-electron chi connectivity index (χ1n) is 10.2. The van der Waals surface area contributed by atoms with Crippen LogP contribution in [-0.4, -0.2) is 34.7 Å². The van der Waals surface area contributed by atoms with Crippen molar-refractivity contribution in [2.75, 3.05) is 17.7 Å². The minimum atomic E-state index is -0.623. The second kappa shape index (κ2) is 8.05. The number of hydrogen-bond donors (Lipinski definition) is 1. The van der Waals surface area contributed by atoms with Crippen LogP contribution in [0.3, 0.4) is 0 Å². The summed E-state index contributed by atoms with van der Waals surface area (Å²) in [7, 11) is 1.76. The fraction of sp³-hybridized carbons (Fsp3) is 0.120. The molecule has 0 spiro atoms. The molecule has 1 atom stereocenters. The van der Waals surface area contributed by atoms with E-state index in [0.717, 1.165) is 27.6 Å². The lowest BCUT2D eigenvalue weighted by Crippen LogP contribution is -2.36. The number of amides is 1. The van der Waals surface area contributed by atoms with Gasteiger partial charge in [-0.2, -0.15) is 0 Å². The lowest BCUT2D eigenvalue weighted by atomic mass is 10.0. The molecule has 2 heterocycles. The molecule has 0 saturated carbocycles. The number of benzene rings is 3. The van der Waals surface area contributed by atoms with E-state index >= 15 is 0 Å². The summed E-state index contributed by atoms with van der Waals surface area (Å²) in [6.45, 7) is 0. The topological polar surface area (TPSA) is 84.5 Å². The van der Waals surface area contributed by atoms with Crippen LogP contribution in [0, 0.1) is 0 Å². The van der Waals surface area contributed by atoms with Gasteiger partial charge in [-0.3, -0.25) is 9.79 Å². The number of carbonyl (C=O) groups is 1. The Kier molecular flexibility index (Phi) is 5.07. The average molecular weight is 442 g/mol. The SMILES string of the molecule is CN1C(=O)C(Cc2ccc3ccccc3c2)N=C(c2cnc(N)cn2)c2cc(Cl)ccc21. The predicted molar refractivity (Wildman–Crippen MR) is 128 cm³/mol. The number of likely N-dealkylation sites (N-methyl/N-ethyl adjacent to an activating group) is 1. The number of nitrogen functional groups attached to an aromatic ring is 1. The van der Waals surface area contributed by atoms with Crippen LogP contribution in [0.2, 0.25) is 5.02 Å². The lowest BCUT2D eigenvalue weighted by molar-refractivity contribution is -0.119. The number of nitrogens with zero attached hydrogens (tertiary/aromatic N) is 4. The zero-order chi connectivity index (χ0) is 22.2. The van der Waals surface area contributed by atoms with E-state index in [4.69, 9.17) is 22.3 Å². The van der Waals surface area contributed by atoms with Gasteiger partial charge in [0, 0.05) is 24.1 Å². The molecule has 1 amide bonds. The quantitative estimate of drug-likeness (QED) is 0.514. The predicted octanol–water partition coefficient (Wildman–Crippen LogP) is 4.29. The van der Waals surface area contributed by atoms with E-state index < -0.39 is 6.04 Å². The maximum Gasteiger partial charge on any atom is 0.251 e. The van der Waals surface area contributed by atoms with E-state index in [2.05, 4.69) is 34.2 Å². The fourth-order valence-corrected chi connectivity index (χ4v) is 4.17. The highest BCUT2D eigenvalue weighted by Crippen LogP contribution is 2.30. The summed E-state index contributed by atoms with van der Waals surface area (Å²) in [5.41, 5.74) is 9.32. The Hall–Kier alpha value is -3.77. The Balaban J connectivity index is 1.63. The summed E-state index contributed by atoms with van der Waals surface area (Å²) in [6, 6.07) is 19.1. The molecule has 1 aliphatic heterocycles. The van der Waals surface area contributed by atoms with Crippen LogP contribution >= 0.6 is 11.6 Å². The van der Waals surface area contributed by atoms with Gasteiger partial charge >= 0.3 is 0 Å². The number of carbonyl (C=O) groups excluding carboxylic acids is 1. The van der Waals surface area contributed by atoms with Gasteiger partial charge in [0.25, 0.3) is 5.91 Å². The van der Waals surface area contributed by atoms with Crippen molar-refractivity contribution < 1.29 is 4.79 Å². The molecule has 32 heavy (non-hydrogen) atoms. The highest BCUT2D eigenvalue weighted by Gasteiger charge is 2.31. The van der Waals surface area contributed by atoms with E-state index in [-0.39, 0.29) is 5.91 Å². The zero-order valence-electron chi connectivity index (χ0n) is 17.4. The van der Waals surface area contributed by atoms with Crippen LogP contribution < -0.4 is 10.6 Å². The molecule has 7 heteroatoms. The van der Waals surface area contributed by atoms with Crippen LogP contribution in [-0.2, 0) is 11.2 Å². The average Bonchev–Trinajstić information content (AvgIpc) is 2.90. The van der Waals surface area contributed by atoms with E-state index in [1.165, 1.54) is 6.20 Å². The number of benzodiazepines with no additional fused rings is 1. The van der Waals surface area contributed by atoms with E-state index in [9.17, 15) is 4.79 Å². The van der Waals surface area contributed by atoms with Gasteiger partial charge in [-0.25, -0.2) is 9.97 Å². The zero-order valence-corrected chi connectivity index (χ0v) is 18.1. The molecule has 1 unspecified atom stereocenters. The van der Waals surface area contributed by atoms with Crippen molar-refractivity contribution >= 4 is 45.5 Å². The Morgan fingerprint density at radius 3 is 2.59 bits per heavy atom. The number of hydrogen-bond acceptors (Lipinski definition) is 5. The number of halogens is 1. The molecule has 2 N–H and O–H groups in total. The second-order valence-electron chi connectivity index (χ2n) is 7.76. The third-order valence-corrected chi connectivity index (χ3v) is 5.87. The van der Waals surface area contributed by atoms with Gasteiger partial charge in [0.15, 0.2) is 0 Å². The van der Waals surface area contributed by atoms with Crippen molar-refractivity contribution in [3.05, 3.63) is 94.9 Å². The van der Waals surface area contributed by atoms with Gasteiger partial charge in [-0.15, -0.1) is 0 Å². The normalized spacial score (nSPS) is 15.9. The van der Waals surface area contributed by atoms with Crippen LogP contribution in [0.5, 0.6) is 0 Å². The minimum Gasteiger partial charge on any atom is -0.382 e. The Bertz CT molecular complexity index is 1370. The van der Waals surface area contributed by atoms with Gasteiger partial charge in [0.05, 0.1) is 23.8 Å². The summed E-state index contributed by atoms with van der Waals surface area (Å²) in [5.74, 6) is 0.218. The molecule has 0 saturated heterocycles. The van der Waals surface area contributed by atoms with Gasteiger partial charge in [0.1, 0.15) is 17.6 Å². The van der Waals surface area contributed by atoms with Crippen molar-refractivity contribution in [1.82, 2.24) is 9.97 Å². The number of aliphatic imine (C=N–C) groups is 1. The largest absolute Gasteiger partial charge is 0.382 e. The van der Waals surface area contributed by atoms with Crippen molar-refractivity contribution in [2.45, 2.75) is 12.5 Å². The van der Waals surface area contributed by atoms with E-state index in [1.807, 2.05) is 24.3 Å².